The van der Waals surface area contributed by atoms with Gasteiger partial charge >= 0.3 is 5.97 Å². The summed E-state index contributed by atoms with van der Waals surface area (Å²) in [5.74, 6) is -0.829. The first-order valence-electron chi connectivity index (χ1n) is 4.27. The van der Waals surface area contributed by atoms with Gasteiger partial charge in [0.15, 0.2) is 5.69 Å². The molecule has 0 aliphatic heterocycles. The summed E-state index contributed by atoms with van der Waals surface area (Å²) in [5.41, 5.74) is 1.46. The van der Waals surface area contributed by atoms with Gasteiger partial charge in [0.05, 0.1) is 11.8 Å². The van der Waals surface area contributed by atoms with Crippen molar-refractivity contribution in [1.29, 1.82) is 0 Å². The van der Waals surface area contributed by atoms with E-state index in [1.165, 1.54) is 0 Å². The van der Waals surface area contributed by atoms with E-state index in [0.717, 1.165) is 12.0 Å². The van der Waals surface area contributed by atoms with Crippen LogP contribution in [-0.4, -0.2) is 25.8 Å². The van der Waals surface area contributed by atoms with Crippen LogP contribution in [0.3, 0.4) is 0 Å². The summed E-state index contributed by atoms with van der Waals surface area (Å²) in [6.07, 6.45) is 2.71. The minimum Gasteiger partial charge on any atom is -0.476 e. The topological polar surface area (TPSA) is 81.2 Å². The smallest absolute Gasteiger partial charge is 0.357 e. The second-order valence-corrected chi connectivity index (χ2v) is 3.11. The third-order valence-electron chi connectivity index (χ3n) is 2.19. The molecule has 6 nitrogen and oxygen atoms in total. The summed E-state index contributed by atoms with van der Waals surface area (Å²) in [5, 5.41) is 12.7. The number of oxazole rings is 1. The van der Waals surface area contributed by atoms with Crippen molar-refractivity contribution < 1.29 is 14.3 Å². The Kier molecular flexibility index (Phi) is 2.03. The van der Waals surface area contributed by atoms with E-state index in [1.807, 2.05) is 6.92 Å². The molecule has 1 N–H and O–H groups in total. The van der Waals surface area contributed by atoms with Crippen molar-refractivity contribution >= 4 is 5.97 Å². The third-order valence-corrected chi connectivity index (χ3v) is 2.19. The van der Waals surface area contributed by atoms with E-state index in [2.05, 4.69) is 10.1 Å². The molecule has 0 spiro atoms. The minimum atomic E-state index is -1.11. The van der Waals surface area contributed by atoms with Gasteiger partial charge in [-0.1, -0.05) is 0 Å². The summed E-state index contributed by atoms with van der Waals surface area (Å²) in [6.45, 7) is 1.85. The zero-order chi connectivity index (χ0) is 11.0. The van der Waals surface area contributed by atoms with Gasteiger partial charge in [0.2, 0.25) is 5.89 Å². The Morgan fingerprint density at radius 2 is 2.33 bits per heavy atom. The van der Waals surface area contributed by atoms with Crippen LogP contribution >= 0.6 is 0 Å². The van der Waals surface area contributed by atoms with Crippen LogP contribution in [0, 0.1) is 6.92 Å². The van der Waals surface area contributed by atoms with Crippen molar-refractivity contribution in [3.8, 4) is 11.5 Å². The van der Waals surface area contributed by atoms with Crippen LogP contribution < -0.4 is 0 Å². The maximum Gasteiger partial charge on any atom is 0.357 e. The lowest BCUT2D eigenvalue weighted by atomic mass is 10.2. The summed E-state index contributed by atoms with van der Waals surface area (Å²) >= 11 is 0. The Morgan fingerprint density at radius 1 is 1.60 bits per heavy atom. The van der Waals surface area contributed by atoms with E-state index in [0.29, 0.717) is 5.56 Å². The second-order valence-electron chi connectivity index (χ2n) is 3.11. The highest BCUT2D eigenvalue weighted by molar-refractivity contribution is 5.85. The molecule has 0 unspecified atom stereocenters. The van der Waals surface area contributed by atoms with Gasteiger partial charge in [-0.2, -0.15) is 5.10 Å². The SMILES string of the molecule is Cc1c(-c2nc(C(=O)O)co2)cnn1C. The van der Waals surface area contributed by atoms with Crippen molar-refractivity contribution in [2.75, 3.05) is 0 Å². The van der Waals surface area contributed by atoms with Crippen molar-refractivity contribution in [1.82, 2.24) is 14.8 Å². The highest BCUT2D eigenvalue weighted by Gasteiger charge is 2.15. The van der Waals surface area contributed by atoms with E-state index >= 15 is 0 Å². The number of hydrogen-bond acceptors (Lipinski definition) is 4. The molecule has 2 aromatic rings. The molecule has 0 atom stereocenters. The van der Waals surface area contributed by atoms with Gasteiger partial charge in [-0.05, 0) is 6.92 Å². The first kappa shape index (κ1) is 9.45. The van der Waals surface area contributed by atoms with Crippen LogP contribution in [-0.2, 0) is 7.05 Å². The first-order chi connectivity index (χ1) is 7.09. The Balaban J connectivity index is 2.46. The lowest BCUT2D eigenvalue weighted by molar-refractivity contribution is 0.0690. The van der Waals surface area contributed by atoms with Crippen LogP contribution in [0.5, 0.6) is 0 Å². The minimum absolute atomic E-state index is 0.103. The molecule has 0 aliphatic rings. The fourth-order valence-electron chi connectivity index (χ4n) is 1.20. The zero-order valence-electron chi connectivity index (χ0n) is 8.26. The van der Waals surface area contributed by atoms with Crippen LogP contribution in [0.25, 0.3) is 11.5 Å². The molecule has 0 bridgehead atoms. The van der Waals surface area contributed by atoms with Crippen molar-refractivity contribution in [2.45, 2.75) is 6.92 Å². The molecule has 2 aromatic heterocycles. The van der Waals surface area contributed by atoms with Crippen LogP contribution in [0.2, 0.25) is 0 Å². The average Bonchev–Trinajstić information content (AvgIpc) is 2.76. The Labute approximate surface area is 85.2 Å². The van der Waals surface area contributed by atoms with E-state index in [4.69, 9.17) is 9.52 Å². The van der Waals surface area contributed by atoms with E-state index in [-0.39, 0.29) is 11.6 Å². The molecule has 0 aliphatic carbocycles. The number of hydrogen-bond donors (Lipinski definition) is 1. The number of nitrogens with zero attached hydrogens (tertiary/aromatic N) is 3. The molecule has 0 saturated heterocycles. The number of carbonyl (C=O) groups is 1. The summed E-state index contributed by atoms with van der Waals surface area (Å²) < 4.78 is 6.73. The third kappa shape index (κ3) is 1.50. The molecule has 0 radical (unpaired) electrons. The van der Waals surface area contributed by atoms with E-state index in [1.54, 1.807) is 17.9 Å². The van der Waals surface area contributed by atoms with Gasteiger partial charge in [0, 0.05) is 12.7 Å². The normalized spacial score (nSPS) is 10.5. The Hall–Kier alpha value is -2.11. The monoisotopic (exact) mass is 207 g/mol. The number of carboxylic acid groups (broad SMARTS) is 1. The molecule has 0 fully saturated rings. The standard InChI is InChI=1S/C9H9N3O3/c1-5-6(3-10-12(5)2)8-11-7(4-15-8)9(13)14/h3-4H,1-2H3,(H,13,14). The maximum atomic E-state index is 10.6. The van der Waals surface area contributed by atoms with Crippen molar-refractivity contribution in [3.05, 3.63) is 23.8 Å². The molecule has 0 aromatic carbocycles. The lowest BCUT2D eigenvalue weighted by Crippen LogP contribution is -1.96. The van der Waals surface area contributed by atoms with Crippen LogP contribution in [0.1, 0.15) is 16.2 Å². The van der Waals surface area contributed by atoms with Gasteiger partial charge < -0.3 is 9.52 Å². The highest BCUT2D eigenvalue weighted by Crippen LogP contribution is 2.21. The summed E-state index contributed by atoms with van der Waals surface area (Å²) in [6, 6.07) is 0. The van der Waals surface area contributed by atoms with Gasteiger partial charge in [-0.3, -0.25) is 4.68 Å². The Bertz CT molecular complexity index is 512. The number of carboxylic acids is 1. The molecule has 6 heteroatoms. The van der Waals surface area contributed by atoms with Gasteiger partial charge in [-0.25, -0.2) is 9.78 Å². The maximum absolute atomic E-state index is 10.6. The molecule has 2 rings (SSSR count). The number of aromatic carboxylic acids is 1. The molecular formula is C9H9N3O3. The highest BCUT2D eigenvalue weighted by atomic mass is 16.4. The van der Waals surface area contributed by atoms with Gasteiger partial charge in [0.1, 0.15) is 6.26 Å². The number of rotatable bonds is 2. The predicted molar refractivity (Wildman–Crippen MR) is 50.4 cm³/mol. The van der Waals surface area contributed by atoms with Gasteiger partial charge in [0.25, 0.3) is 0 Å². The van der Waals surface area contributed by atoms with Crippen LogP contribution in [0.15, 0.2) is 16.9 Å². The Morgan fingerprint density at radius 3 is 2.80 bits per heavy atom. The second kappa shape index (κ2) is 3.23. The average molecular weight is 207 g/mol. The molecule has 78 valence electrons. The van der Waals surface area contributed by atoms with Crippen molar-refractivity contribution in [3.63, 3.8) is 0 Å². The molecular weight excluding hydrogens is 198 g/mol. The van der Waals surface area contributed by atoms with E-state index < -0.39 is 5.97 Å². The lowest BCUT2D eigenvalue weighted by Gasteiger charge is -1.94. The predicted octanol–water partition coefficient (Wildman–Crippen LogP) is 1.08. The first-order valence-corrected chi connectivity index (χ1v) is 4.27. The number of aryl methyl sites for hydroxylation is 1. The van der Waals surface area contributed by atoms with Crippen LogP contribution in [0.4, 0.5) is 0 Å². The quantitative estimate of drug-likeness (QED) is 0.796. The van der Waals surface area contributed by atoms with Crippen molar-refractivity contribution in [2.24, 2.45) is 7.05 Å². The fourth-order valence-corrected chi connectivity index (χ4v) is 1.20. The van der Waals surface area contributed by atoms with E-state index in [9.17, 15) is 4.79 Å². The van der Waals surface area contributed by atoms with Gasteiger partial charge in [-0.15, -0.1) is 0 Å². The molecule has 0 saturated carbocycles. The fraction of sp³-hybridized carbons (Fsp3) is 0.222. The largest absolute Gasteiger partial charge is 0.476 e. The molecule has 2 heterocycles. The summed E-state index contributed by atoms with van der Waals surface area (Å²) in [7, 11) is 1.79. The zero-order valence-corrected chi connectivity index (χ0v) is 8.26. The number of aromatic nitrogens is 3. The summed E-state index contributed by atoms with van der Waals surface area (Å²) in [4.78, 5) is 14.4. The molecule has 0 amide bonds. The molecule has 15 heavy (non-hydrogen) atoms.